The Balaban J connectivity index is 1.85. The molecule has 2 heterocycles. The van der Waals surface area contributed by atoms with Crippen molar-refractivity contribution in [3.63, 3.8) is 0 Å². The molecule has 244 valence electrons. The molecular weight excluding hydrogens is 651 g/mol. The maximum atomic E-state index is 14.6. The van der Waals surface area contributed by atoms with E-state index >= 15 is 0 Å². The molecule has 1 aliphatic heterocycles. The van der Waals surface area contributed by atoms with Gasteiger partial charge in [0.05, 0.1) is 16.7 Å². The first-order chi connectivity index (χ1) is 21.0. The van der Waals surface area contributed by atoms with Crippen molar-refractivity contribution < 1.29 is 35.9 Å². The lowest BCUT2D eigenvalue weighted by molar-refractivity contribution is -0.163. The molecule has 1 unspecified atom stereocenters. The van der Waals surface area contributed by atoms with Crippen LogP contribution in [0.1, 0.15) is 66.5 Å². The molecule has 9 nitrogen and oxygen atoms in total. The molecule has 0 N–H and O–H groups in total. The fourth-order valence-electron chi connectivity index (χ4n) is 6.18. The Kier molecular flexibility index (Phi) is 10.1. The maximum Gasteiger partial charge on any atom is 0.413 e. The number of nitrogens with zero attached hydrogens (tertiary/aromatic N) is 1. The van der Waals surface area contributed by atoms with Crippen LogP contribution in [0.5, 0.6) is 0 Å². The number of esters is 1. The topological polar surface area (TPSA) is 124 Å². The van der Waals surface area contributed by atoms with Crippen LogP contribution < -0.4 is 10.4 Å². The van der Waals surface area contributed by atoms with Crippen molar-refractivity contribution in [3.8, 4) is 0 Å². The number of fused-ring (bicyclic) bond motifs is 1. The molecule has 0 fully saturated rings. The highest BCUT2D eigenvalue weighted by molar-refractivity contribution is 7.97. The molecule has 0 bridgehead atoms. The van der Waals surface area contributed by atoms with E-state index < -0.39 is 62.4 Å². The quantitative estimate of drug-likeness (QED) is 0.173. The Morgan fingerprint density at radius 2 is 1.56 bits per heavy atom. The number of carbonyl (C=O) groups is 2. The van der Waals surface area contributed by atoms with Gasteiger partial charge in [-0.2, -0.15) is 0 Å². The first-order valence-electron chi connectivity index (χ1n) is 14.8. The highest BCUT2D eigenvalue weighted by atomic mass is 32.3. The zero-order valence-corrected chi connectivity index (χ0v) is 30.1. The van der Waals surface area contributed by atoms with E-state index in [-0.39, 0.29) is 32.3 Å². The maximum absolute atomic E-state index is 14.6. The summed E-state index contributed by atoms with van der Waals surface area (Å²) < 4.78 is 66.5. The van der Waals surface area contributed by atoms with Crippen molar-refractivity contribution in [1.82, 2.24) is 4.90 Å². The number of rotatable bonds is 9. The lowest BCUT2D eigenvalue weighted by atomic mass is 10.0. The van der Waals surface area contributed by atoms with Gasteiger partial charge >= 0.3 is 12.1 Å². The molecule has 0 aliphatic carbocycles. The fraction of sp³-hybridized carbons (Fsp3) is 0.438. The molecule has 1 aromatic heterocycles. The predicted molar refractivity (Wildman–Crippen MR) is 178 cm³/mol. The zero-order valence-electron chi connectivity index (χ0n) is 26.6. The van der Waals surface area contributed by atoms with Crippen molar-refractivity contribution in [1.29, 1.82) is 0 Å². The van der Waals surface area contributed by atoms with Gasteiger partial charge in [-0.3, -0.25) is 4.79 Å². The number of amides is 1. The average molecular weight is 692 g/mol. The van der Waals surface area contributed by atoms with Gasteiger partial charge in [-0.15, -0.1) is 11.3 Å². The van der Waals surface area contributed by atoms with Gasteiger partial charge < -0.3 is 14.4 Å². The second-order valence-corrected chi connectivity index (χ2v) is 23.6. The number of carbonyl (C=O) groups excluding carboxylic acids is 2. The number of benzene rings is 2. The molecule has 3 atom stereocenters. The number of thiophene rings is 1. The van der Waals surface area contributed by atoms with Gasteiger partial charge in [0.1, 0.15) is 16.5 Å². The van der Waals surface area contributed by atoms with Crippen LogP contribution in [0.3, 0.4) is 0 Å². The van der Waals surface area contributed by atoms with Crippen molar-refractivity contribution in [2.45, 2.75) is 85.9 Å². The van der Waals surface area contributed by atoms with E-state index in [4.69, 9.17) is 9.47 Å². The number of hydrogen-bond acceptors (Lipinski definition) is 9. The third-order valence-electron chi connectivity index (χ3n) is 8.48. The molecule has 0 saturated heterocycles. The Labute approximate surface area is 271 Å². The number of ether oxygens (including phenoxy) is 2. The van der Waals surface area contributed by atoms with E-state index in [0.717, 1.165) is 21.7 Å². The van der Waals surface area contributed by atoms with Gasteiger partial charge in [0.15, 0.2) is 19.7 Å². The second-order valence-electron chi connectivity index (χ2n) is 12.4. The summed E-state index contributed by atoms with van der Waals surface area (Å²) in [6.45, 7) is 12.2. The molecule has 0 saturated carbocycles. The normalized spacial score (nSPS) is 18.8. The molecule has 4 rings (SSSR count). The lowest BCUT2D eigenvalue weighted by Crippen LogP contribution is -2.68. The van der Waals surface area contributed by atoms with Crippen LogP contribution in [0, 0.1) is 0 Å². The summed E-state index contributed by atoms with van der Waals surface area (Å²) >= 11 is 0.759. The van der Waals surface area contributed by atoms with Gasteiger partial charge in [0, 0.05) is 26.0 Å². The van der Waals surface area contributed by atoms with Gasteiger partial charge in [-0.25, -0.2) is 21.6 Å². The fourth-order valence-corrected chi connectivity index (χ4v) is 20.7. The van der Waals surface area contributed by atoms with Gasteiger partial charge in [-0.1, -0.05) is 91.8 Å². The minimum absolute atomic E-state index is 0.0409. The summed E-state index contributed by atoms with van der Waals surface area (Å²) in [5, 5.41) is 0.457. The zero-order chi connectivity index (χ0) is 33.4. The summed E-state index contributed by atoms with van der Waals surface area (Å²) in [6.07, 6.45) is -1.89. The van der Waals surface area contributed by atoms with Crippen LogP contribution in [-0.2, 0) is 33.9 Å². The van der Waals surface area contributed by atoms with E-state index in [2.05, 4.69) is 20.8 Å². The van der Waals surface area contributed by atoms with Gasteiger partial charge in [0.2, 0.25) is 6.29 Å². The third kappa shape index (κ3) is 6.77. The first-order valence-corrected chi connectivity index (χ1v) is 21.0. The van der Waals surface area contributed by atoms with Crippen LogP contribution in [0.25, 0.3) is 0 Å². The van der Waals surface area contributed by atoms with E-state index in [0.29, 0.717) is 0 Å². The molecular formula is C32H41NO8S3Si. The molecule has 1 amide bonds. The minimum Gasteiger partial charge on any atom is -0.426 e. The highest BCUT2D eigenvalue weighted by Crippen LogP contribution is 2.46. The van der Waals surface area contributed by atoms with Crippen LogP contribution in [0.4, 0.5) is 4.79 Å². The SMILES string of the molecule is CCN(C(=O)OC(C)OC(C)=O)[C@H]1C[C@H](C)S(=O)(=O)c2sc(S(=O)(=O)C[Si](c3ccccc3)(c3ccccc3)C(C)(C)C)cc21. The van der Waals surface area contributed by atoms with Crippen LogP contribution >= 0.6 is 11.3 Å². The van der Waals surface area contributed by atoms with E-state index in [1.54, 1.807) is 13.8 Å². The molecule has 13 heteroatoms. The highest BCUT2D eigenvalue weighted by Gasteiger charge is 2.52. The first kappa shape index (κ1) is 34.9. The molecule has 3 aromatic rings. The second kappa shape index (κ2) is 13.0. The van der Waals surface area contributed by atoms with E-state index in [1.165, 1.54) is 24.8 Å². The van der Waals surface area contributed by atoms with Crippen molar-refractivity contribution >= 4 is 61.5 Å². The minimum atomic E-state index is -4.04. The number of hydrogen-bond donors (Lipinski definition) is 0. The lowest BCUT2D eigenvalue weighted by Gasteiger charge is -2.43. The Bertz CT molecular complexity index is 1710. The van der Waals surface area contributed by atoms with Crippen LogP contribution in [0.2, 0.25) is 5.04 Å². The number of sulfone groups is 2. The van der Waals surface area contributed by atoms with E-state index in [9.17, 15) is 26.4 Å². The Morgan fingerprint density at radius 1 is 1.02 bits per heavy atom. The predicted octanol–water partition coefficient (Wildman–Crippen LogP) is 5.10. The van der Waals surface area contributed by atoms with E-state index in [1.807, 2.05) is 60.7 Å². The third-order valence-corrected chi connectivity index (χ3v) is 22.4. The molecule has 1 aliphatic rings. The van der Waals surface area contributed by atoms with Gasteiger partial charge in [-0.05, 0) is 31.4 Å². The van der Waals surface area contributed by atoms with Crippen LogP contribution in [0.15, 0.2) is 75.1 Å². The van der Waals surface area contributed by atoms with Crippen molar-refractivity contribution in [2.75, 3.05) is 11.9 Å². The summed E-state index contributed by atoms with van der Waals surface area (Å²) in [5.41, 5.74) is 0.262. The standard InChI is InChI=1S/C32H41NO8S3Si/c1-8-33(31(35)41-24(4)40-23(3)34)28-19-22(2)44(38,39)30-27(28)20-29(42-30)43(36,37)21-45(32(5,6)7,25-15-11-9-12-16-25)26-17-13-10-14-18-26/h9-18,20,22,24,28H,8,19,21H2,1-7H3/t22-,24?,28-/m0/s1. The summed E-state index contributed by atoms with van der Waals surface area (Å²) in [7, 11) is -11.0. The average Bonchev–Trinajstić information content (AvgIpc) is 3.43. The molecule has 0 radical (unpaired) electrons. The largest absolute Gasteiger partial charge is 0.426 e. The van der Waals surface area contributed by atoms with Crippen molar-refractivity contribution in [2.24, 2.45) is 0 Å². The Hall–Kier alpha value is -3.00. The summed E-state index contributed by atoms with van der Waals surface area (Å²) in [4.78, 5) is 25.9. The monoisotopic (exact) mass is 691 g/mol. The molecule has 2 aromatic carbocycles. The summed E-state index contributed by atoms with van der Waals surface area (Å²) in [6, 6.07) is 20.1. The summed E-state index contributed by atoms with van der Waals surface area (Å²) in [5.74, 6) is -0.619. The Morgan fingerprint density at radius 3 is 2.02 bits per heavy atom. The molecule has 0 spiro atoms. The van der Waals surface area contributed by atoms with Crippen LogP contribution in [-0.4, -0.2) is 65.3 Å². The van der Waals surface area contributed by atoms with Crippen molar-refractivity contribution in [3.05, 3.63) is 72.3 Å². The van der Waals surface area contributed by atoms with Gasteiger partial charge in [0.25, 0.3) is 0 Å². The molecule has 45 heavy (non-hydrogen) atoms. The smallest absolute Gasteiger partial charge is 0.413 e.